The number of nitrogens with one attached hydrogen (secondary N) is 1. The molecule has 0 bridgehead atoms. The minimum atomic E-state index is -0.0631. The fourth-order valence-electron chi connectivity index (χ4n) is 2.15. The summed E-state index contributed by atoms with van der Waals surface area (Å²) >= 11 is 5.15. The summed E-state index contributed by atoms with van der Waals surface area (Å²) in [7, 11) is 1.80. The van der Waals surface area contributed by atoms with Gasteiger partial charge < -0.3 is 9.88 Å². The molecule has 1 heterocycles. The van der Waals surface area contributed by atoms with Gasteiger partial charge in [-0.15, -0.1) is 0 Å². The molecule has 4 heteroatoms. The van der Waals surface area contributed by atoms with Crippen LogP contribution in [-0.2, 0) is 6.54 Å². The molecule has 0 saturated carbocycles. The first-order valence-corrected chi connectivity index (χ1v) is 6.89. The zero-order chi connectivity index (χ0) is 14.7. The quantitative estimate of drug-likeness (QED) is 0.875. The number of hydrogen-bond donors (Lipinski definition) is 1. The molecule has 0 atom stereocenters. The topological polar surface area (TPSA) is 36.1 Å². The molecule has 3 nitrogen and oxygen atoms in total. The van der Waals surface area contributed by atoms with Gasteiger partial charge in [-0.2, -0.15) is 0 Å². The number of pyridine rings is 1. The molecular formula is C16H18N2OS. The summed E-state index contributed by atoms with van der Waals surface area (Å²) in [5.41, 5.74) is 4.11. The van der Waals surface area contributed by atoms with Crippen molar-refractivity contribution in [3.63, 3.8) is 0 Å². The Kier molecular flexibility index (Phi) is 4.35. The van der Waals surface area contributed by atoms with Crippen LogP contribution in [0, 0.1) is 18.5 Å². The number of aromatic amines is 1. The van der Waals surface area contributed by atoms with E-state index in [4.69, 9.17) is 12.2 Å². The average Bonchev–Trinajstić information content (AvgIpc) is 2.41. The van der Waals surface area contributed by atoms with E-state index in [9.17, 15) is 4.79 Å². The first-order chi connectivity index (χ1) is 9.49. The number of H-pyrrole nitrogens is 1. The Labute approximate surface area is 124 Å². The molecule has 0 spiro atoms. The lowest BCUT2D eigenvalue weighted by Crippen LogP contribution is -2.27. The summed E-state index contributed by atoms with van der Waals surface area (Å²) in [4.78, 5) is 17.0. The number of hydrogen-bond acceptors (Lipinski definition) is 2. The maximum atomic E-state index is 12.4. The molecule has 1 aromatic carbocycles. The van der Waals surface area contributed by atoms with E-state index >= 15 is 0 Å². The Balaban J connectivity index is 2.20. The van der Waals surface area contributed by atoms with E-state index in [0.29, 0.717) is 16.7 Å². The van der Waals surface area contributed by atoms with Gasteiger partial charge in [0.1, 0.15) is 4.64 Å². The second-order valence-corrected chi connectivity index (χ2v) is 5.41. The van der Waals surface area contributed by atoms with Crippen molar-refractivity contribution in [2.24, 2.45) is 0 Å². The lowest BCUT2D eigenvalue weighted by atomic mass is 10.1. The van der Waals surface area contributed by atoms with Crippen LogP contribution >= 0.6 is 12.2 Å². The second kappa shape index (κ2) is 6.01. The van der Waals surface area contributed by atoms with E-state index in [0.717, 1.165) is 5.56 Å². The molecule has 0 fully saturated rings. The molecule has 2 rings (SSSR count). The molecule has 1 N–H and O–H groups in total. The molecule has 20 heavy (non-hydrogen) atoms. The first-order valence-electron chi connectivity index (χ1n) is 6.48. The van der Waals surface area contributed by atoms with Gasteiger partial charge in [-0.25, -0.2) is 0 Å². The van der Waals surface area contributed by atoms with E-state index in [1.807, 2.05) is 0 Å². The molecule has 0 saturated heterocycles. The fraction of sp³-hybridized carbons (Fsp3) is 0.250. The van der Waals surface area contributed by atoms with Gasteiger partial charge in [-0.3, -0.25) is 4.79 Å². The molecule has 0 unspecified atom stereocenters. The number of aryl methyl sites for hydroxylation is 2. The van der Waals surface area contributed by atoms with Crippen LogP contribution in [-0.4, -0.2) is 22.8 Å². The normalized spacial score (nSPS) is 10.3. The number of carbonyl (C=O) groups is 1. The monoisotopic (exact) mass is 286 g/mol. The molecule has 0 radical (unpaired) electrons. The Morgan fingerprint density at radius 1 is 1.30 bits per heavy atom. The summed E-state index contributed by atoms with van der Waals surface area (Å²) in [5, 5.41) is 0. The standard InChI is InChI=1S/C16H18N2OS/c1-11-6-7-13(12(2)9-11)10-18(3)16(19)14-5-4-8-17-15(14)20/h4-9H,10H2,1-3H3,(H,17,20). The number of carbonyl (C=O) groups excluding carboxylic acids is 1. The van der Waals surface area contributed by atoms with E-state index in [-0.39, 0.29) is 5.91 Å². The van der Waals surface area contributed by atoms with Crippen molar-refractivity contribution in [1.29, 1.82) is 0 Å². The van der Waals surface area contributed by atoms with Crippen molar-refractivity contribution >= 4 is 18.1 Å². The predicted molar refractivity (Wildman–Crippen MR) is 83.3 cm³/mol. The van der Waals surface area contributed by atoms with Crippen LogP contribution in [0.4, 0.5) is 0 Å². The minimum Gasteiger partial charge on any atom is -0.352 e. The predicted octanol–water partition coefficient (Wildman–Crippen LogP) is 3.63. The van der Waals surface area contributed by atoms with Gasteiger partial charge in [-0.1, -0.05) is 36.0 Å². The number of benzene rings is 1. The minimum absolute atomic E-state index is 0.0631. The highest BCUT2D eigenvalue weighted by atomic mass is 32.1. The molecular weight excluding hydrogens is 268 g/mol. The number of amides is 1. The molecule has 2 aromatic rings. The van der Waals surface area contributed by atoms with Gasteiger partial charge in [0, 0.05) is 19.8 Å². The van der Waals surface area contributed by atoms with Gasteiger partial charge in [-0.05, 0) is 37.1 Å². The van der Waals surface area contributed by atoms with Crippen molar-refractivity contribution in [3.8, 4) is 0 Å². The smallest absolute Gasteiger partial charge is 0.256 e. The third-order valence-corrected chi connectivity index (χ3v) is 3.64. The maximum Gasteiger partial charge on any atom is 0.256 e. The van der Waals surface area contributed by atoms with Gasteiger partial charge in [0.15, 0.2) is 0 Å². The molecule has 1 amide bonds. The van der Waals surface area contributed by atoms with Crippen LogP contribution < -0.4 is 0 Å². The number of aromatic nitrogens is 1. The Hall–Kier alpha value is -1.94. The number of nitrogens with zero attached hydrogens (tertiary/aromatic N) is 1. The van der Waals surface area contributed by atoms with Crippen LogP contribution in [0.5, 0.6) is 0 Å². The van der Waals surface area contributed by atoms with E-state index in [2.05, 4.69) is 37.0 Å². The fourth-order valence-corrected chi connectivity index (χ4v) is 2.37. The highest BCUT2D eigenvalue weighted by molar-refractivity contribution is 7.71. The third-order valence-electron chi connectivity index (χ3n) is 3.30. The Morgan fingerprint density at radius 2 is 2.05 bits per heavy atom. The van der Waals surface area contributed by atoms with E-state index in [1.165, 1.54) is 11.1 Å². The lowest BCUT2D eigenvalue weighted by Gasteiger charge is -2.18. The van der Waals surface area contributed by atoms with Crippen LogP contribution in [0.25, 0.3) is 0 Å². The van der Waals surface area contributed by atoms with Gasteiger partial charge in [0.05, 0.1) is 5.56 Å². The second-order valence-electron chi connectivity index (χ2n) is 5.00. The van der Waals surface area contributed by atoms with Crippen LogP contribution in [0.3, 0.4) is 0 Å². The summed E-state index contributed by atoms with van der Waals surface area (Å²) < 4.78 is 0.477. The van der Waals surface area contributed by atoms with Gasteiger partial charge >= 0.3 is 0 Å². The molecule has 0 aliphatic carbocycles. The molecule has 1 aromatic heterocycles. The van der Waals surface area contributed by atoms with E-state index < -0.39 is 0 Å². The van der Waals surface area contributed by atoms with Crippen LogP contribution in [0.1, 0.15) is 27.0 Å². The summed E-state index contributed by atoms with van der Waals surface area (Å²) in [5.74, 6) is -0.0631. The Bertz CT molecular complexity index is 691. The van der Waals surface area contributed by atoms with Gasteiger partial charge in [0.25, 0.3) is 5.91 Å². The highest BCUT2D eigenvalue weighted by Crippen LogP contribution is 2.14. The van der Waals surface area contributed by atoms with Crippen LogP contribution in [0.15, 0.2) is 36.5 Å². The van der Waals surface area contributed by atoms with E-state index in [1.54, 1.807) is 30.3 Å². The lowest BCUT2D eigenvalue weighted by molar-refractivity contribution is 0.0784. The maximum absolute atomic E-state index is 12.4. The van der Waals surface area contributed by atoms with Crippen molar-refractivity contribution in [2.75, 3.05) is 7.05 Å². The summed E-state index contributed by atoms with van der Waals surface area (Å²) in [6.45, 7) is 4.71. The van der Waals surface area contributed by atoms with Crippen molar-refractivity contribution in [1.82, 2.24) is 9.88 Å². The Morgan fingerprint density at radius 3 is 2.70 bits per heavy atom. The third kappa shape index (κ3) is 3.14. The zero-order valence-corrected chi connectivity index (χ0v) is 12.8. The summed E-state index contributed by atoms with van der Waals surface area (Å²) in [6, 6.07) is 9.80. The molecule has 0 aliphatic rings. The largest absolute Gasteiger partial charge is 0.352 e. The van der Waals surface area contributed by atoms with Gasteiger partial charge in [0.2, 0.25) is 0 Å². The zero-order valence-electron chi connectivity index (χ0n) is 11.9. The first kappa shape index (κ1) is 14.5. The molecule has 0 aliphatic heterocycles. The van der Waals surface area contributed by atoms with Crippen LogP contribution in [0.2, 0.25) is 0 Å². The molecule has 104 valence electrons. The SMILES string of the molecule is Cc1ccc(CN(C)C(=O)c2ccc[nH]c2=S)c(C)c1. The van der Waals surface area contributed by atoms with Crippen molar-refractivity contribution in [3.05, 3.63) is 63.4 Å². The summed E-state index contributed by atoms with van der Waals surface area (Å²) in [6.07, 6.45) is 1.73. The average molecular weight is 286 g/mol. The highest BCUT2D eigenvalue weighted by Gasteiger charge is 2.14. The van der Waals surface area contributed by atoms with Crippen molar-refractivity contribution in [2.45, 2.75) is 20.4 Å². The van der Waals surface area contributed by atoms with Crippen molar-refractivity contribution < 1.29 is 4.79 Å². The number of rotatable bonds is 3.